The third-order valence-corrected chi connectivity index (χ3v) is 1.84. The van der Waals surface area contributed by atoms with Crippen molar-refractivity contribution in [3.63, 3.8) is 0 Å². The van der Waals surface area contributed by atoms with Crippen LogP contribution in [0.2, 0.25) is 0 Å². The number of carbonyl (C=O) groups is 1. The lowest BCUT2D eigenvalue weighted by molar-refractivity contribution is -0.128. The highest BCUT2D eigenvalue weighted by Crippen LogP contribution is 2.00. The average molecular weight is 184 g/mol. The van der Waals surface area contributed by atoms with Crippen molar-refractivity contribution in [2.75, 3.05) is 6.61 Å². The van der Waals surface area contributed by atoms with E-state index in [1.165, 1.54) is 25.7 Å². The van der Waals surface area contributed by atoms with Gasteiger partial charge in [0.2, 0.25) is 0 Å². The Morgan fingerprint density at radius 1 is 1.08 bits per heavy atom. The molecule has 0 saturated carbocycles. The molecule has 2 nitrogen and oxygen atoms in total. The van der Waals surface area contributed by atoms with Crippen LogP contribution in [0, 0.1) is 0 Å². The number of ether oxygens (including phenoxy) is 1. The van der Waals surface area contributed by atoms with E-state index in [9.17, 15) is 4.79 Å². The van der Waals surface area contributed by atoms with Crippen LogP contribution in [0.4, 0.5) is 0 Å². The summed E-state index contributed by atoms with van der Waals surface area (Å²) in [6.45, 7) is 3.26. The molecule has 0 unspecified atom stereocenters. The summed E-state index contributed by atoms with van der Waals surface area (Å²) in [6, 6.07) is 0. The molecule has 2 heteroatoms. The lowest BCUT2D eigenvalue weighted by Crippen LogP contribution is -1.89. The maximum absolute atomic E-state index is 9.77. The zero-order chi connectivity index (χ0) is 9.78. The maximum Gasteiger partial charge on any atom is 0.293 e. The van der Waals surface area contributed by atoms with Gasteiger partial charge in [-0.15, -0.1) is 0 Å². The van der Waals surface area contributed by atoms with Crippen LogP contribution in [0.25, 0.3) is 0 Å². The smallest absolute Gasteiger partial charge is 0.293 e. The maximum atomic E-state index is 9.77. The molecule has 0 amide bonds. The van der Waals surface area contributed by atoms with Crippen LogP contribution >= 0.6 is 0 Å². The Hall–Kier alpha value is -0.790. The van der Waals surface area contributed by atoms with Crippen LogP contribution in [0.15, 0.2) is 12.2 Å². The molecule has 0 aliphatic heterocycles. The zero-order valence-corrected chi connectivity index (χ0v) is 8.50. The third-order valence-electron chi connectivity index (χ3n) is 1.84. The highest BCUT2D eigenvalue weighted by Gasteiger charge is 1.84. The van der Waals surface area contributed by atoms with Crippen molar-refractivity contribution in [2.24, 2.45) is 0 Å². The monoisotopic (exact) mass is 184 g/mol. The summed E-state index contributed by atoms with van der Waals surface area (Å²) in [6.07, 6.45) is 11.4. The summed E-state index contributed by atoms with van der Waals surface area (Å²) in [5.41, 5.74) is 0. The van der Waals surface area contributed by atoms with E-state index >= 15 is 0 Å². The summed E-state index contributed by atoms with van der Waals surface area (Å²) in [7, 11) is 0. The fourth-order valence-electron chi connectivity index (χ4n) is 1.08. The summed E-state index contributed by atoms with van der Waals surface area (Å²) in [5.74, 6) is 0. The second-order valence-corrected chi connectivity index (χ2v) is 3.08. The molecule has 76 valence electrons. The van der Waals surface area contributed by atoms with E-state index in [-0.39, 0.29) is 0 Å². The molecule has 0 spiro atoms. The van der Waals surface area contributed by atoms with Gasteiger partial charge >= 0.3 is 0 Å². The fraction of sp³-hybridized carbons (Fsp3) is 0.727. The quantitative estimate of drug-likeness (QED) is 0.313. The van der Waals surface area contributed by atoms with Gasteiger partial charge in [0.15, 0.2) is 0 Å². The Labute approximate surface area is 81.0 Å². The number of hydrogen-bond donors (Lipinski definition) is 0. The van der Waals surface area contributed by atoms with Gasteiger partial charge in [-0.05, 0) is 25.7 Å². The normalized spacial score (nSPS) is 10.5. The van der Waals surface area contributed by atoms with Crippen LogP contribution < -0.4 is 0 Å². The van der Waals surface area contributed by atoms with Gasteiger partial charge in [0.05, 0.1) is 6.61 Å². The number of unbranched alkanes of at least 4 members (excludes halogenated alkanes) is 4. The minimum Gasteiger partial charge on any atom is -0.468 e. The van der Waals surface area contributed by atoms with Gasteiger partial charge in [0.1, 0.15) is 0 Å². The predicted octanol–water partition coefficient (Wildman–Crippen LogP) is 3.08. The first-order valence-corrected chi connectivity index (χ1v) is 5.12. The SMILES string of the molecule is CCCCC/C=C/CCCOC=O. The van der Waals surface area contributed by atoms with E-state index in [1.807, 2.05) is 0 Å². The lowest BCUT2D eigenvalue weighted by Gasteiger charge is -1.94. The Kier molecular flexibility index (Phi) is 10.5. The van der Waals surface area contributed by atoms with Crippen molar-refractivity contribution in [1.82, 2.24) is 0 Å². The molecule has 0 fully saturated rings. The molecule has 0 aromatic carbocycles. The summed E-state index contributed by atoms with van der Waals surface area (Å²) >= 11 is 0. The largest absolute Gasteiger partial charge is 0.468 e. The second kappa shape index (κ2) is 11.2. The van der Waals surface area contributed by atoms with Crippen LogP contribution in [-0.4, -0.2) is 13.1 Å². The molecule has 0 atom stereocenters. The van der Waals surface area contributed by atoms with Gasteiger partial charge < -0.3 is 4.74 Å². The summed E-state index contributed by atoms with van der Waals surface area (Å²) < 4.78 is 4.56. The molecular weight excluding hydrogens is 164 g/mol. The molecule has 0 heterocycles. The van der Waals surface area contributed by atoms with Crippen molar-refractivity contribution in [3.05, 3.63) is 12.2 Å². The predicted molar refractivity (Wildman–Crippen MR) is 54.5 cm³/mol. The molecule has 0 radical (unpaired) electrons. The molecule has 0 bridgehead atoms. The van der Waals surface area contributed by atoms with Crippen molar-refractivity contribution in [1.29, 1.82) is 0 Å². The Morgan fingerprint density at radius 3 is 2.38 bits per heavy atom. The lowest BCUT2D eigenvalue weighted by atomic mass is 10.2. The van der Waals surface area contributed by atoms with Crippen molar-refractivity contribution in [3.8, 4) is 0 Å². The molecule has 0 aliphatic carbocycles. The molecule has 0 N–H and O–H groups in total. The Balaban J connectivity index is 2.98. The summed E-state index contributed by atoms with van der Waals surface area (Å²) in [4.78, 5) is 9.77. The molecular formula is C11H20O2. The highest BCUT2D eigenvalue weighted by molar-refractivity contribution is 5.36. The number of carbonyl (C=O) groups excluding carboxylic acids is 1. The highest BCUT2D eigenvalue weighted by atomic mass is 16.5. The van der Waals surface area contributed by atoms with Gasteiger partial charge in [-0.1, -0.05) is 31.9 Å². The third kappa shape index (κ3) is 11.2. The van der Waals surface area contributed by atoms with Gasteiger partial charge in [-0.25, -0.2) is 0 Å². The minimum absolute atomic E-state index is 0.505. The Morgan fingerprint density at radius 2 is 1.77 bits per heavy atom. The molecule has 0 saturated heterocycles. The van der Waals surface area contributed by atoms with E-state index in [4.69, 9.17) is 0 Å². The van der Waals surface area contributed by atoms with Crippen molar-refractivity contribution in [2.45, 2.75) is 45.4 Å². The van der Waals surface area contributed by atoms with E-state index in [2.05, 4.69) is 23.8 Å². The standard InChI is InChI=1S/C11H20O2/c1-2-3-4-5-6-7-8-9-10-13-11-12/h6-7,11H,2-5,8-10H2,1H3/b7-6+. The van der Waals surface area contributed by atoms with Crippen LogP contribution in [0.1, 0.15) is 45.4 Å². The first-order chi connectivity index (χ1) is 6.41. The molecule has 0 aromatic heterocycles. The van der Waals surface area contributed by atoms with Gasteiger partial charge in [-0.3, -0.25) is 4.79 Å². The number of rotatable bonds is 9. The van der Waals surface area contributed by atoms with Crippen LogP contribution in [-0.2, 0) is 9.53 Å². The topological polar surface area (TPSA) is 26.3 Å². The minimum atomic E-state index is 0.505. The number of hydrogen-bond acceptors (Lipinski definition) is 2. The van der Waals surface area contributed by atoms with E-state index in [0.717, 1.165) is 12.8 Å². The molecule has 0 rings (SSSR count). The molecule has 0 aromatic rings. The first kappa shape index (κ1) is 12.2. The molecule has 13 heavy (non-hydrogen) atoms. The second-order valence-electron chi connectivity index (χ2n) is 3.08. The van der Waals surface area contributed by atoms with Gasteiger partial charge in [-0.2, -0.15) is 0 Å². The number of allylic oxidation sites excluding steroid dienone is 2. The van der Waals surface area contributed by atoms with E-state index < -0.39 is 0 Å². The fourth-order valence-corrected chi connectivity index (χ4v) is 1.08. The summed E-state index contributed by atoms with van der Waals surface area (Å²) in [5, 5.41) is 0. The van der Waals surface area contributed by atoms with Gasteiger partial charge in [0, 0.05) is 0 Å². The van der Waals surface area contributed by atoms with Crippen molar-refractivity contribution >= 4 is 6.47 Å². The van der Waals surface area contributed by atoms with Crippen LogP contribution in [0.3, 0.4) is 0 Å². The molecule has 0 aliphatic rings. The average Bonchev–Trinajstić information content (AvgIpc) is 2.16. The van der Waals surface area contributed by atoms with E-state index in [1.54, 1.807) is 0 Å². The van der Waals surface area contributed by atoms with Gasteiger partial charge in [0.25, 0.3) is 6.47 Å². The first-order valence-electron chi connectivity index (χ1n) is 5.12. The van der Waals surface area contributed by atoms with Crippen molar-refractivity contribution < 1.29 is 9.53 Å². The zero-order valence-electron chi connectivity index (χ0n) is 8.50. The Bertz CT molecular complexity index is 130. The van der Waals surface area contributed by atoms with Crippen LogP contribution in [0.5, 0.6) is 0 Å². The van der Waals surface area contributed by atoms with E-state index in [0.29, 0.717) is 13.1 Å².